The van der Waals surface area contributed by atoms with Crippen LogP contribution in [0.15, 0.2) is 42.5 Å². The standard InChI is InChI=1S/C16H15NO2/c18-11-19-16-4-2-1-3-15(16)13-5-6-14-10-17-8-7-12(14)9-13/h1-6,9,11,17H,7-8,10H2. The topological polar surface area (TPSA) is 38.3 Å². The predicted octanol–water partition coefficient (Wildman–Crippen LogP) is 2.53. The Morgan fingerprint density at radius 3 is 2.89 bits per heavy atom. The summed E-state index contributed by atoms with van der Waals surface area (Å²) in [5.74, 6) is 0.603. The maximum Gasteiger partial charge on any atom is 0.298 e. The zero-order valence-electron chi connectivity index (χ0n) is 10.6. The molecule has 0 radical (unpaired) electrons. The molecule has 3 rings (SSSR count). The van der Waals surface area contributed by atoms with Crippen molar-refractivity contribution < 1.29 is 9.53 Å². The molecule has 1 aliphatic heterocycles. The van der Waals surface area contributed by atoms with E-state index in [4.69, 9.17) is 4.74 Å². The molecule has 1 heterocycles. The summed E-state index contributed by atoms with van der Waals surface area (Å²) in [5, 5.41) is 3.36. The average Bonchev–Trinajstić information content (AvgIpc) is 2.48. The first kappa shape index (κ1) is 11.9. The Hall–Kier alpha value is -2.13. The molecule has 0 aromatic heterocycles. The number of nitrogens with one attached hydrogen (secondary N) is 1. The third-order valence-corrected chi connectivity index (χ3v) is 3.47. The third-order valence-electron chi connectivity index (χ3n) is 3.47. The second kappa shape index (κ2) is 5.24. The molecule has 0 saturated carbocycles. The summed E-state index contributed by atoms with van der Waals surface area (Å²) in [6, 6.07) is 14.0. The number of para-hydroxylation sites is 1. The van der Waals surface area contributed by atoms with Gasteiger partial charge < -0.3 is 10.1 Å². The van der Waals surface area contributed by atoms with Gasteiger partial charge in [0.1, 0.15) is 5.75 Å². The van der Waals surface area contributed by atoms with Crippen LogP contribution in [-0.2, 0) is 17.8 Å². The van der Waals surface area contributed by atoms with Crippen LogP contribution >= 0.6 is 0 Å². The quantitative estimate of drug-likeness (QED) is 0.854. The van der Waals surface area contributed by atoms with Crippen LogP contribution in [0, 0.1) is 0 Å². The van der Waals surface area contributed by atoms with Gasteiger partial charge >= 0.3 is 0 Å². The minimum Gasteiger partial charge on any atom is -0.428 e. The van der Waals surface area contributed by atoms with E-state index in [-0.39, 0.29) is 0 Å². The third kappa shape index (κ3) is 2.37. The lowest BCUT2D eigenvalue weighted by molar-refractivity contribution is -0.120. The molecule has 96 valence electrons. The number of ether oxygens (including phenoxy) is 1. The molecule has 1 N–H and O–H groups in total. The lowest BCUT2D eigenvalue weighted by atomic mass is 9.95. The lowest BCUT2D eigenvalue weighted by Gasteiger charge is -2.18. The van der Waals surface area contributed by atoms with Crippen molar-refractivity contribution in [3.8, 4) is 16.9 Å². The van der Waals surface area contributed by atoms with Gasteiger partial charge in [-0.25, -0.2) is 0 Å². The highest BCUT2D eigenvalue weighted by Gasteiger charge is 2.11. The second-order valence-corrected chi connectivity index (χ2v) is 4.62. The van der Waals surface area contributed by atoms with E-state index in [1.807, 2.05) is 24.3 Å². The van der Waals surface area contributed by atoms with Crippen LogP contribution < -0.4 is 10.1 Å². The van der Waals surface area contributed by atoms with Crippen molar-refractivity contribution in [1.29, 1.82) is 0 Å². The fourth-order valence-corrected chi connectivity index (χ4v) is 2.50. The lowest BCUT2D eigenvalue weighted by Crippen LogP contribution is -2.23. The maximum atomic E-state index is 10.6. The summed E-state index contributed by atoms with van der Waals surface area (Å²) >= 11 is 0. The Kier molecular flexibility index (Phi) is 3.29. The van der Waals surface area contributed by atoms with Crippen molar-refractivity contribution in [3.05, 3.63) is 53.6 Å². The summed E-state index contributed by atoms with van der Waals surface area (Å²) in [6.07, 6.45) is 1.04. The van der Waals surface area contributed by atoms with E-state index in [9.17, 15) is 4.79 Å². The maximum absolute atomic E-state index is 10.6. The minimum atomic E-state index is 0.473. The van der Waals surface area contributed by atoms with Crippen LogP contribution in [0.5, 0.6) is 5.75 Å². The van der Waals surface area contributed by atoms with Gasteiger partial charge in [0.2, 0.25) is 0 Å². The van der Waals surface area contributed by atoms with Crippen molar-refractivity contribution in [2.75, 3.05) is 6.54 Å². The number of carbonyl (C=O) groups excluding carboxylic acids is 1. The first-order valence-corrected chi connectivity index (χ1v) is 6.41. The molecule has 3 nitrogen and oxygen atoms in total. The number of benzene rings is 2. The molecule has 2 aromatic rings. The normalized spacial score (nSPS) is 13.7. The first-order valence-electron chi connectivity index (χ1n) is 6.41. The molecule has 0 amide bonds. The first-order chi connectivity index (χ1) is 9.38. The number of hydrogen-bond donors (Lipinski definition) is 1. The van der Waals surface area contributed by atoms with E-state index in [1.54, 1.807) is 0 Å². The van der Waals surface area contributed by atoms with Gasteiger partial charge in [0, 0.05) is 12.1 Å². The average molecular weight is 253 g/mol. The Labute approximate surface area is 112 Å². The zero-order valence-corrected chi connectivity index (χ0v) is 10.6. The molecule has 0 aliphatic carbocycles. The smallest absolute Gasteiger partial charge is 0.298 e. The van der Waals surface area contributed by atoms with Crippen LogP contribution in [-0.4, -0.2) is 13.0 Å². The zero-order chi connectivity index (χ0) is 13.1. The van der Waals surface area contributed by atoms with E-state index in [0.29, 0.717) is 12.2 Å². The van der Waals surface area contributed by atoms with Gasteiger partial charge in [-0.1, -0.05) is 36.4 Å². The van der Waals surface area contributed by atoms with Crippen LogP contribution in [0.25, 0.3) is 11.1 Å². The van der Waals surface area contributed by atoms with Crippen LogP contribution in [0.1, 0.15) is 11.1 Å². The SMILES string of the molecule is O=COc1ccccc1-c1ccc2c(c1)CCNC2. The molecular formula is C16H15NO2. The number of carbonyl (C=O) groups is 1. The fourth-order valence-electron chi connectivity index (χ4n) is 2.50. The highest BCUT2D eigenvalue weighted by atomic mass is 16.5. The summed E-state index contributed by atoms with van der Waals surface area (Å²) in [6.45, 7) is 2.42. The van der Waals surface area contributed by atoms with Crippen molar-refractivity contribution >= 4 is 6.47 Å². The largest absolute Gasteiger partial charge is 0.428 e. The Morgan fingerprint density at radius 1 is 1.11 bits per heavy atom. The monoisotopic (exact) mass is 253 g/mol. The molecule has 0 spiro atoms. The van der Waals surface area contributed by atoms with E-state index in [0.717, 1.165) is 30.6 Å². The van der Waals surface area contributed by atoms with Crippen molar-refractivity contribution in [1.82, 2.24) is 5.32 Å². The van der Waals surface area contributed by atoms with Gasteiger partial charge in [0.25, 0.3) is 6.47 Å². The Balaban J connectivity index is 2.04. The minimum absolute atomic E-state index is 0.473. The van der Waals surface area contributed by atoms with E-state index < -0.39 is 0 Å². The molecular weight excluding hydrogens is 238 g/mol. The van der Waals surface area contributed by atoms with Crippen LogP contribution in [0.4, 0.5) is 0 Å². The van der Waals surface area contributed by atoms with Crippen molar-refractivity contribution in [2.24, 2.45) is 0 Å². The highest BCUT2D eigenvalue weighted by Crippen LogP contribution is 2.31. The molecule has 0 saturated heterocycles. The predicted molar refractivity (Wildman–Crippen MR) is 74.0 cm³/mol. The Morgan fingerprint density at radius 2 is 2.00 bits per heavy atom. The van der Waals surface area contributed by atoms with Gasteiger partial charge in [0.05, 0.1) is 0 Å². The number of rotatable bonds is 3. The molecule has 3 heteroatoms. The van der Waals surface area contributed by atoms with E-state index in [1.165, 1.54) is 11.1 Å². The van der Waals surface area contributed by atoms with E-state index in [2.05, 4.69) is 23.5 Å². The molecule has 1 aliphatic rings. The number of hydrogen-bond acceptors (Lipinski definition) is 3. The van der Waals surface area contributed by atoms with Gasteiger partial charge in [-0.15, -0.1) is 0 Å². The summed E-state index contributed by atoms with van der Waals surface area (Å²) in [4.78, 5) is 10.6. The Bertz CT molecular complexity index is 607. The van der Waals surface area contributed by atoms with Gasteiger partial charge in [-0.05, 0) is 35.7 Å². The van der Waals surface area contributed by atoms with Gasteiger partial charge in [0.15, 0.2) is 0 Å². The van der Waals surface area contributed by atoms with Gasteiger partial charge in [-0.2, -0.15) is 0 Å². The summed E-state index contributed by atoms with van der Waals surface area (Å²) < 4.78 is 5.04. The fraction of sp³-hybridized carbons (Fsp3) is 0.188. The molecule has 19 heavy (non-hydrogen) atoms. The molecule has 0 atom stereocenters. The van der Waals surface area contributed by atoms with Crippen LogP contribution in [0.2, 0.25) is 0 Å². The van der Waals surface area contributed by atoms with Crippen LogP contribution in [0.3, 0.4) is 0 Å². The highest BCUT2D eigenvalue weighted by molar-refractivity contribution is 5.73. The molecule has 0 fully saturated rings. The summed E-state index contributed by atoms with van der Waals surface area (Å²) in [7, 11) is 0. The molecule has 2 aromatic carbocycles. The summed E-state index contributed by atoms with van der Waals surface area (Å²) in [5.41, 5.74) is 4.77. The van der Waals surface area contributed by atoms with E-state index >= 15 is 0 Å². The van der Waals surface area contributed by atoms with Crippen molar-refractivity contribution in [2.45, 2.75) is 13.0 Å². The molecule has 0 bridgehead atoms. The van der Waals surface area contributed by atoms with Gasteiger partial charge in [-0.3, -0.25) is 4.79 Å². The second-order valence-electron chi connectivity index (χ2n) is 4.62. The number of fused-ring (bicyclic) bond motifs is 1. The molecule has 0 unspecified atom stereocenters. The van der Waals surface area contributed by atoms with Crippen molar-refractivity contribution in [3.63, 3.8) is 0 Å².